The molecule has 0 aliphatic rings. The lowest BCUT2D eigenvalue weighted by Crippen LogP contribution is -2.36. The lowest BCUT2D eigenvalue weighted by Gasteiger charge is -2.31. The first-order valence-electron chi connectivity index (χ1n) is 8.61. The van der Waals surface area contributed by atoms with E-state index in [0.29, 0.717) is 0 Å². The minimum Gasteiger partial charge on any atom is -0.547 e. The zero-order valence-electron chi connectivity index (χ0n) is 15.3. The van der Waals surface area contributed by atoms with E-state index in [2.05, 4.69) is 48.1 Å². The summed E-state index contributed by atoms with van der Waals surface area (Å²) in [6.07, 6.45) is 2.01. The van der Waals surface area contributed by atoms with E-state index in [1.807, 2.05) is 13.0 Å². The fourth-order valence-corrected chi connectivity index (χ4v) is 8.06. The van der Waals surface area contributed by atoms with Gasteiger partial charge in [-0.3, -0.25) is 0 Å². The molecule has 0 amide bonds. The maximum absolute atomic E-state index is 6.35. The molecule has 2 nitrogen and oxygen atoms in total. The Morgan fingerprint density at radius 2 is 1.10 bits per heavy atom. The highest BCUT2D eigenvalue weighted by molar-refractivity contribution is 6.74. The molecular weight excluding hydrogens is 292 g/mol. The van der Waals surface area contributed by atoms with Gasteiger partial charge in [0.25, 0.3) is 0 Å². The predicted molar refractivity (Wildman–Crippen MR) is 99.5 cm³/mol. The van der Waals surface area contributed by atoms with Crippen molar-refractivity contribution in [2.75, 3.05) is 0 Å². The van der Waals surface area contributed by atoms with Crippen LogP contribution in [0.5, 0.6) is 0 Å². The summed E-state index contributed by atoms with van der Waals surface area (Å²) in [5, 5.41) is 0. The molecule has 124 valence electrons. The second kappa shape index (κ2) is 9.51. The summed E-state index contributed by atoms with van der Waals surface area (Å²) in [5.74, 6) is 1.76. The van der Waals surface area contributed by atoms with Crippen LogP contribution in [-0.2, 0) is 8.85 Å². The van der Waals surface area contributed by atoms with Gasteiger partial charge in [-0.1, -0.05) is 48.1 Å². The highest BCUT2D eigenvalue weighted by Gasteiger charge is 2.32. The molecule has 0 heterocycles. The fraction of sp³-hybridized carbons (Fsp3) is 0.765. The van der Waals surface area contributed by atoms with Crippen LogP contribution in [0.1, 0.15) is 48.5 Å². The summed E-state index contributed by atoms with van der Waals surface area (Å²) in [4.78, 5) is 0. The molecule has 0 aliphatic heterocycles. The number of rotatable bonds is 11. The van der Waals surface area contributed by atoms with Crippen molar-refractivity contribution in [3.05, 3.63) is 24.2 Å². The Hall–Kier alpha value is -0.486. The van der Waals surface area contributed by atoms with Crippen LogP contribution >= 0.6 is 0 Å². The van der Waals surface area contributed by atoms with Gasteiger partial charge in [0.15, 0.2) is 0 Å². The molecule has 0 fully saturated rings. The molecule has 0 aromatic rings. The standard InChI is InChI=1S/C17H36O2Si2/c1-9-20(10-2,11-3)18-16(7)15-17(8)19-21(12-4,13-5)14-6/h15H,7,9-14H2,1-6,8H3/b17-15-. The van der Waals surface area contributed by atoms with Crippen molar-refractivity contribution < 1.29 is 8.85 Å². The molecule has 0 rings (SSSR count). The molecule has 0 saturated carbocycles. The molecule has 0 saturated heterocycles. The number of hydrogen-bond donors (Lipinski definition) is 0. The average Bonchev–Trinajstić information content (AvgIpc) is 2.50. The zero-order chi connectivity index (χ0) is 16.5. The SMILES string of the molecule is C=C(/C=C(/C)O[Si](CC)(CC)CC)O[Si](CC)(CC)CC. The molecule has 0 aromatic heterocycles. The summed E-state index contributed by atoms with van der Waals surface area (Å²) in [6.45, 7) is 19.6. The molecule has 4 heteroatoms. The quantitative estimate of drug-likeness (QED) is 0.246. The van der Waals surface area contributed by atoms with Crippen LogP contribution in [0.15, 0.2) is 24.2 Å². The second-order valence-corrected chi connectivity index (χ2v) is 15.3. The maximum Gasteiger partial charge on any atom is 0.250 e. The van der Waals surface area contributed by atoms with Gasteiger partial charge in [0.05, 0.1) is 11.5 Å². The highest BCUT2D eigenvalue weighted by Crippen LogP contribution is 2.27. The monoisotopic (exact) mass is 328 g/mol. The number of allylic oxidation sites excluding steroid dienone is 2. The largest absolute Gasteiger partial charge is 0.547 e. The van der Waals surface area contributed by atoms with Crippen molar-refractivity contribution in [1.82, 2.24) is 0 Å². The van der Waals surface area contributed by atoms with E-state index in [0.717, 1.165) is 47.8 Å². The van der Waals surface area contributed by atoms with Gasteiger partial charge in [0.2, 0.25) is 16.6 Å². The van der Waals surface area contributed by atoms with E-state index in [1.165, 1.54) is 0 Å². The van der Waals surface area contributed by atoms with Crippen molar-refractivity contribution >= 4 is 16.6 Å². The Morgan fingerprint density at radius 3 is 1.43 bits per heavy atom. The highest BCUT2D eigenvalue weighted by atomic mass is 28.4. The summed E-state index contributed by atoms with van der Waals surface area (Å²) < 4.78 is 12.6. The molecule has 0 bridgehead atoms. The van der Waals surface area contributed by atoms with Crippen LogP contribution in [0.4, 0.5) is 0 Å². The summed E-state index contributed by atoms with van der Waals surface area (Å²) in [6, 6.07) is 6.92. The van der Waals surface area contributed by atoms with E-state index in [4.69, 9.17) is 8.85 Å². The maximum atomic E-state index is 6.35. The third kappa shape index (κ3) is 6.03. The first kappa shape index (κ1) is 20.5. The lowest BCUT2D eigenvalue weighted by atomic mass is 10.4. The summed E-state index contributed by atoms with van der Waals surface area (Å²) in [5.41, 5.74) is 0. The van der Waals surface area contributed by atoms with Gasteiger partial charge < -0.3 is 8.85 Å². The Morgan fingerprint density at radius 1 is 0.762 bits per heavy atom. The Kier molecular flexibility index (Phi) is 9.29. The Balaban J connectivity index is 4.87. The van der Waals surface area contributed by atoms with Crippen LogP contribution in [0.3, 0.4) is 0 Å². The molecule has 0 radical (unpaired) electrons. The van der Waals surface area contributed by atoms with E-state index in [9.17, 15) is 0 Å². The van der Waals surface area contributed by atoms with Gasteiger partial charge >= 0.3 is 0 Å². The minimum atomic E-state index is -1.62. The minimum absolute atomic E-state index is 0.788. The smallest absolute Gasteiger partial charge is 0.250 e. The first-order chi connectivity index (χ1) is 9.86. The molecule has 21 heavy (non-hydrogen) atoms. The first-order valence-corrected chi connectivity index (χ1v) is 13.7. The number of hydrogen-bond acceptors (Lipinski definition) is 2. The van der Waals surface area contributed by atoms with E-state index >= 15 is 0 Å². The fourth-order valence-electron chi connectivity index (χ4n) is 2.84. The van der Waals surface area contributed by atoms with Crippen molar-refractivity contribution in [3.63, 3.8) is 0 Å². The van der Waals surface area contributed by atoms with Crippen molar-refractivity contribution in [2.45, 2.75) is 84.7 Å². The van der Waals surface area contributed by atoms with Crippen LogP contribution < -0.4 is 0 Å². The van der Waals surface area contributed by atoms with Gasteiger partial charge in [-0.2, -0.15) is 0 Å². The van der Waals surface area contributed by atoms with Crippen LogP contribution in [0.2, 0.25) is 36.3 Å². The van der Waals surface area contributed by atoms with E-state index in [-0.39, 0.29) is 0 Å². The summed E-state index contributed by atoms with van der Waals surface area (Å²) in [7, 11) is -3.20. The van der Waals surface area contributed by atoms with E-state index < -0.39 is 16.6 Å². The van der Waals surface area contributed by atoms with Gasteiger partial charge in [-0.25, -0.2) is 0 Å². The van der Waals surface area contributed by atoms with Gasteiger partial charge in [-0.15, -0.1) is 0 Å². The molecule has 0 atom stereocenters. The second-order valence-electron chi connectivity index (χ2n) is 5.91. The van der Waals surface area contributed by atoms with E-state index in [1.54, 1.807) is 0 Å². The third-order valence-electron chi connectivity index (χ3n) is 4.96. The lowest BCUT2D eigenvalue weighted by molar-refractivity contribution is 0.389. The van der Waals surface area contributed by atoms with Gasteiger partial charge in [-0.05, 0) is 43.2 Å². The topological polar surface area (TPSA) is 18.5 Å². The molecular formula is C17H36O2Si2. The van der Waals surface area contributed by atoms with Crippen molar-refractivity contribution in [1.29, 1.82) is 0 Å². The normalized spacial score (nSPS) is 13.2. The molecule has 0 aliphatic carbocycles. The van der Waals surface area contributed by atoms with Crippen LogP contribution in [-0.4, -0.2) is 16.6 Å². The Labute approximate surface area is 134 Å². The average molecular weight is 329 g/mol. The molecule has 0 spiro atoms. The van der Waals surface area contributed by atoms with Gasteiger partial charge in [0.1, 0.15) is 0 Å². The van der Waals surface area contributed by atoms with Crippen molar-refractivity contribution in [3.8, 4) is 0 Å². The third-order valence-corrected chi connectivity index (χ3v) is 14.1. The van der Waals surface area contributed by atoms with Crippen molar-refractivity contribution in [2.24, 2.45) is 0 Å². The van der Waals surface area contributed by atoms with Crippen LogP contribution in [0, 0.1) is 0 Å². The molecule has 0 N–H and O–H groups in total. The zero-order valence-corrected chi connectivity index (χ0v) is 17.3. The Bertz CT molecular complexity index is 326. The predicted octanol–water partition coefficient (Wildman–Crippen LogP) is 6.45. The molecule has 0 unspecified atom stereocenters. The molecule has 0 aromatic carbocycles. The van der Waals surface area contributed by atoms with Gasteiger partial charge in [0, 0.05) is 6.08 Å². The van der Waals surface area contributed by atoms with Crippen LogP contribution in [0.25, 0.3) is 0 Å². The summed E-state index contributed by atoms with van der Waals surface area (Å²) >= 11 is 0.